The molecule has 0 radical (unpaired) electrons. The van der Waals surface area contributed by atoms with E-state index < -0.39 is 0 Å². The Morgan fingerprint density at radius 1 is 1.00 bits per heavy atom. The second-order valence-corrected chi connectivity index (χ2v) is 4.69. The lowest BCUT2D eigenvalue weighted by atomic mass is 9.88. The van der Waals surface area contributed by atoms with Crippen LogP contribution in [0.1, 0.15) is 79.1 Å². The average Bonchev–Trinajstić information content (AvgIpc) is 2.24. The number of hydrogen-bond donors (Lipinski definition) is 0. The Balaban J connectivity index is 4.20. The highest BCUT2D eigenvalue weighted by Crippen LogP contribution is 2.29. The quantitative estimate of drug-likeness (QED) is 0.430. The number of carbonyl (C=O) groups excluding carboxylic acids is 1. The molecule has 0 heterocycles. The first-order chi connectivity index (χ1) is 7.60. The number of rotatable bonds is 9. The van der Waals surface area contributed by atoms with Crippen LogP contribution in [0.5, 0.6) is 0 Å². The zero-order chi connectivity index (χ0) is 12.4. The summed E-state index contributed by atoms with van der Waals surface area (Å²) >= 11 is 0. The first-order valence-corrected chi connectivity index (χ1v) is 6.79. The highest BCUT2D eigenvalue weighted by atomic mass is 16.6. The predicted octanol–water partition coefficient (Wildman–Crippen LogP) is 4.47. The molecule has 0 aromatic heterocycles. The molecular weight excluding hydrogens is 200 g/mol. The van der Waals surface area contributed by atoms with Gasteiger partial charge in [-0.05, 0) is 25.7 Å². The molecule has 0 fully saturated rings. The number of hydrogen-bond acceptors (Lipinski definition) is 2. The van der Waals surface area contributed by atoms with Crippen LogP contribution in [0.3, 0.4) is 0 Å². The van der Waals surface area contributed by atoms with E-state index in [4.69, 9.17) is 4.74 Å². The van der Waals surface area contributed by atoms with Crippen LogP contribution in [0.15, 0.2) is 0 Å². The summed E-state index contributed by atoms with van der Waals surface area (Å²) in [5.74, 6) is -0.134. The maximum absolute atomic E-state index is 11.2. The van der Waals surface area contributed by atoms with Crippen molar-refractivity contribution in [3.05, 3.63) is 0 Å². The summed E-state index contributed by atoms with van der Waals surface area (Å²) in [5, 5.41) is 0. The van der Waals surface area contributed by atoms with E-state index in [1.54, 1.807) is 0 Å². The van der Waals surface area contributed by atoms with Crippen molar-refractivity contribution in [3.8, 4) is 0 Å². The second-order valence-electron chi connectivity index (χ2n) is 4.69. The lowest BCUT2D eigenvalue weighted by Gasteiger charge is -2.32. The maximum Gasteiger partial charge on any atom is 0.303 e. The normalized spacial score (nSPS) is 14.5. The molecule has 0 rings (SSSR count). The van der Waals surface area contributed by atoms with E-state index in [0.717, 1.165) is 25.7 Å². The summed E-state index contributed by atoms with van der Waals surface area (Å²) in [5.41, 5.74) is -0.186. The fourth-order valence-electron chi connectivity index (χ4n) is 2.29. The lowest BCUT2D eigenvalue weighted by Crippen LogP contribution is -2.33. The van der Waals surface area contributed by atoms with Gasteiger partial charge in [0.15, 0.2) is 0 Å². The maximum atomic E-state index is 11.2. The van der Waals surface area contributed by atoms with Crippen molar-refractivity contribution >= 4 is 5.97 Å². The Bertz CT molecular complexity index is 189. The molecule has 0 aromatic carbocycles. The van der Waals surface area contributed by atoms with Crippen molar-refractivity contribution in [1.29, 1.82) is 0 Å². The molecule has 16 heavy (non-hydrogen) atoms. The SMILES string of the molecule is CCCCCCC(CC)(CCC)OC(C)=O. The van der Waals surface area contributed by atoms with Gasteiger partial charge in [0.1, 0.15) is 5.60 Å². The molecule has 0 aliphatic heterocycles. The van der Waals surface area contributed by atoms with Gasteiger partial charge in [0.05, 0.1) is 0 Å². The van der Waals surface area contributed by atoms with Crippen molar-refractivity contribution in [3.63, 3.8) is 0 Å². The van der Waals surface area contributed by atoms with Gasteiger partial charge in [0.25, 0.3) is 0 Å². The van der Waals surface area contributed by atoms with Gasteiger partial charge in [-0.3, -0.25) is 4.79 Å². The monoisotopic (exact) mass is 228 g/mol. The van der Waals surface area contributed by atoms with Gasteiger partial charge in [0.2, 0.25) is 0 Å². The molecule has 0 aromatic rings. The smallest absolute Gasteiger partial charge is 0.303 e. The van der Waals surface area contributed by atoms with Crippen molar-refractivity contribution in [2.45, 2.75) is 84.7 Å². The molecule has 2 heteroatoms. The lowest BCUT2D eigenvalue weighted by molar-refractivity contribution is -0.159. The van der Waals surface area contributed by atoms with Gasteiger partial charge in [-0.15, -0.1) is 0 Å². The zero-order valence-corrected chi connectivity index (χ0v) is 11.5. The zero-order valence-electron chi connectivity index (χ0n) is 11.5. The Labute approximate surface area is 101 Å². The van der Waals surface area contributed by atoms with Crippen LogP contribution in [-0.4, -0.2) is 11.6 Å². The minimum Gasteiger partial charge on any atom is -0.459 e. The van der Waals surface area contributed by atoms with E-state index in [1.165, 1.54) is 32.6 Å². The molecule has 1 atom stereocenters. The summed E-state index contributed by atoms with van der Waals surface area (Å²) in [7, 11) is 0. The van der Waals surface area contributed by atoms with Crippen LogP contribution in [0.25, 0.3) is 0 Å². The molecule has 0 aliphatic rings. The van der Waals surface area contributed by atoms with Crippen LogP contribution in [0, 0.1) is 0 Å². The highest BCUT2D eigenvalue weighted by Gasteiger charge is 2.29. The Kier molecular flexibility index (Phi) is 8.32. The van der Waals surface area contributed by atoms with Gasteiger partial charge in [-0.25, -0.2) is 0 Å². The van der Waals surface area contributed by atoms with Crippen LogP contribution in [0.4, 0.5) is 0 Å². The molecule has 96 valence electrons. The Hall–Kier alpha value is -0.530. The van der Waals surface area contributed by atoms with Gasteiger partial charge < -0.3 is 4.74 Å². The standard InChI is InChI=1S/C14H28O2/c1-5-8-9-10-12-14(7-3,11-6-2)16-13(4)15/h5-12H2,1-4H3. The third kappa shape index (κ3) is 6.14. The summed E-state index contributed by atoms with van der Waals surface area (Å²) in [6, 6.07) is 0. The Morgan fingerprint density at radius 2 is 1.69 bits per heavy atom. The first kappa shape index (κ1) is 15.5. The van der Waals surface area contributed by atoms with E-state index >= 15 is 0 Å². The van der Waals surface area contributed by atoms with Gasteiger partial charge in [0, 0.05) is 6.92 Å². The van der Waals surface area contributed by atoms with E-state index in [2.05, 4.69) is 20.8 Å². The molecule has 0 amide bonds. The predicted molar refractivity (Wildman–Crippen MR) is 68.5 cm³/mol. The fraction of sp³-hybridized carbons (Fsp3) is 0.929. The topological polar surface area (TPSA) is 26.3 Å². The summed E-state index contributed by atoms with van der Waals surface area (Å²) in [4.78, 5) is 11.2. The minimum atomic E-state index is -0.186. The third-order valence-corrected chi connectivity index (χ3v) is 3.20. The number of carbonyl (C=O) groups is 1. The van der Waals surface area contributed by atoms with Crippen molar-refractivity contribution in [2.24, 2.45) is 0 Å². The molecule has 0 saturated carbocycles. The van der Waals surface area contributed by atoms with Gasteiger partial charge in [-0.1, -0.05) is 46.5 Å². The van der Waals surface area contributed by atoms with Gasteiger partial charge >= 0.3 is 5.97 Å². The van der Waals surface area contributed by atoms with E-state index in [9.17, 15) is 4.79 Å². The summed E-state index contributed by atoms with van der Waals surface area (Å²) < 4.78 is 5.57. The molecule has 0 saturated heterocycles. The fourth-order valence-corrected chi connectivity index (χ4v) is 2.29. The second kappa shape index (κ2) is 8.60. The van der Waals surface area contributed by atoms with Crippen molar-refractivity contribution < 1.29 is 9.53 Å². The molecule has 0 spiro atoms. The summed E-state index contributed by atoms with van der Waals surface area (Å²) in [6.07, 6.45) is 9.00. The molecule has 0 N–H and O–H groups in total. The molecule has 2 nitrogen and oxygen atoms in total. The van der Waals surface area contributed by atoms with Crippen molar-refractivity contribution in [1.82, 2.24) is 0 Å². The number of ether oxygens (including phenoxy) is 1. The third-order valence-electron chi connectivity index (χ3n) is 3.20. The molecule has 0 aliphatic carbocycles. The van der Waals surface area contributed by atoms with Crippen LogP contribution in [0.2, 0.25) is 0 Å². The van der Waals surface area contributed by atoms with Gasteiger partial charge in [-0.2, -0.15) is 0 Å². The highest BCUT2D eigenvalue weighted by molar-refractivity contribution is 5.66. The molecular formula is C14H28O2. The molecule has 0 bridgehead atoms. The Morgan fingerprint density at radius 3 is 2.12 bits per heavy atom. The van der Waals surface area contributed by atoms with E-state index in [0.29, 0.717) is 0 Å². The van der Waals surface area contributed by atoms with Crippen LogP contribution < -0.4 is 0 Å². The van der Waals surface area contributed by atoms with Crippen molar-refractivity contribution in [2.75, 3.05) is 0 Å². The average molecular weight is 228 g/mol. The van der Waals surface area contributed by atoms with Crippen LogP contribution >= 0.6 is 0 Å². The first-order valence-electron chi connectivity index (χ1n) is 6.79. The minimum absolute atomic E-state index is 0.134. The van der Waals surface area contributed by atoms with Crippen LogP contribution in [-0.2, 0) is 9.53 Å². The van der Waals surface area contributed by atoms with E-state index in [1.807, 2.05) is 0 Å². The summed E-state index contributed by atoms with van der Waals surface area (Å²) in [6.45, 7) is 8.01. The number of esters is 1. The number of unbranched alkanes of at least 4 members (excludes halogenated alkanes) is 3. The van der Waals surface area contributed by atoms with E-state index in [-0.39, 0.29) is 11.6 Å². The largest absolute Gasteiger partial charge is 0.459 e. The molecule has 1 unspecified atom stereocenters.